The van der Waals surface area contributed by atoms with Crippen molar-refractivity contribution in [1.82, 2.24) is 0 Å². The molecule has 0 aliphatic heterocycles. The monoisotopic (exact) mass is 402 g/mol. The number of benzene rings is 1. The molecular formula is C18H23ClO4S2. The Morgan fingerprint density at radius 1 is 1.32 bits per heavy atom. The fourth-order valence-electron chi connectivity index (χ4n) is 4.52. The zero-order chi connectivity index (χ0) is 18.5. The Morgan fingerprint density at radius 2 is 1.96 bits per heavy atom. The molecule has 0 spiro atoms. The van der Waals surface area contributed by atoms with Crippen LogP contribution in [0, 0.1) is 16.7 Å². The SMILES string of the molecule is CC1(C)[C@@H]2CC[C@@]1(CS(=O)/C=C\S(=O)(=O)c1ccc(Cl)cc1)[C@H](O)C2. The van der Waals surface area contributed by atoms with Crippen molar-refractivity contribution in [2.45, 2.75) is 44.1 Å². The summed E-state index contributed by atoms with van der Waals surface area (Å²) in [4.78, 5) is 0.116. The van der Waals surface area contributed by atoms with Crippen molar-refractivity contribution in [1.29, 1.82) is 0 Å². The molecule has 1 unspecified atom stereocenters. The summed E-state index contributed by atoms with van der Waals surface area (Å²) in [5.74, 6) is 0.742. The van der Waals surface area contributed by atoms with Crippen LogP contribution in [0.5, 0.6) is 0 Å². The average Bonchev–Trinajstić information content (AvgIpc) is 2.88. The van der Waals surface area contributed by atoms with Crippen molar-refractivity contribution >= 4 is 32.2 Å². The van der Waals surface area contributed by atoms with Gasteiger partial charge in [0.05, 0.1) is 11.0 Å². The minimum absolute atomic E-state index is 0.0784. The Bertz CT molecular complexity index is 814. The van der Waals surface area contributed by atoms with E-state index in [1.165, 1.54) is 29.7 Å². The molecule has 4 nitrogen and oxygen atoms in total. The van der Waals surface area contributed by atoms with Crippen molar-refractivity contribution in [3.63, 3.8) is 0 Å². The van der Waals surface area contributed by atoms with Gasteiger partial charge in [-0.15, -0.1) is 0 Å². The first-order valence-corrected chi connectivity index (χ1v) is 11.6. The van der Waals surface area contributed by atoms with Crippen molar-refractivity contribution in [2.24, 2.45) is 16.7 Å². The highest BCUT2D eigenvalue weighted by molar-refractivity contribution is 7.95. The fourth-order valence-corrected chi connectivity index (χ4v) is 7.71. The van der Waals surface area contributed by atoms with Crippen LogP contribution >= 0.6 is 11.6 Å². The molecule has 0 radical (unpaired) electrons. The molecule has 0 aromatic heterocycles. The summed E-state index contributed by atoms with van der Waals surface area (Å²) in [6.45, 7) is 4.26. The normalized spacial score (nSPS) is 32.3. The van der Waals surface area contributed by atoms with Crippen LogP contribution in [0.3, 0.4) is 0 Å². The first-order chi connectivity index (χ1) is 11.6. The van der Waals surface area contributed by atoms with Gasteiger partial charge in [-0.25, -0.2) is 8.42 Å². The largest absolute Gasteiger partial charge is 0.392 e. The van der Waals surface area contributed by atoms with E-state index in [9.17, 15) is 17.7 Å². The number of aliphatic hydroxyl groups is 1. The van der Waals surface area contributed by atoms with Crippen LogP contribution in [-0.4, -0.2) is 29.6 Å². The smallest absolute Gasteiger partial charge is 0.200 e. The number of rotatable bonds is 5. The molecular weight excluding hydrogens is 380 g/mol. The zero-order valence-electron chi connectivity index (χ0n) is 14.3. The van der Waals surface area contributed by atoms with Gasteiger partial charge in [0.1, 0.15) is 0 Å². The molecule has 2 bridgehead atoms. The van der Waals surface area contributed by atoms with Crippen molar-refractivity contribution in [2.75, 3.05) is 5.75 Å². The van der Waals surface area contributed by atoms with Gasteiger partial charge < -0.3 is 5.11 Å². The number of sulfone groups is 1. The molecule has 0 saturated heterocycles. The summed E-state index contributed by atoms with van der Waals surface area (Å²) in [6, 6.07) is 5.87. The first kappa shape index (κ1) is 19.1. The number of halogens is 1. The van der Waals surface area contributed by atoms with E-state index in [0.29, 0.717) is 16.7 Å². The highest BCUT2D eigenvalue weighted by Crippen LogP contribution is 2.65. The minimum Gasteiger partial charge on any atom is -0.392 e. The van der Waals surface area contributed by atoms with Gasteiger partial charge in [0.15, 0.2) is 9.84 Å². The van der Waals surface area contributed by atoms with E-state index < -0.39 is 32.2 Å². The highest BCUT2D eigenvalue weighted by atomic mass is 35.5. The second-order valence-electron chi connectivity index (χ2n) is 7.66. The van der Waals surface area contributed by atoms with Gasteiger partial charge in [-0.3, -0.25) is 4.21 Å². The maximum absolute atomic E-state index is 12.6. The molecule has 1 aromatic carbocycles. The van der Waals surface area contributed by atoms with Crippen LogP contribution in [0.1, 0.15) is 33.1 Å². The van der Waals surface area contributed by atoms with E-state index in [1.807, 2.05) is 0 Å². The number of fused-ring (bicyclic) bond motifs is 2. The van der Waals surface area contributed by atoms with Gasteiger partial charge in [0.25, 0.3) is 0 Å². The summed E-state index contributed by atoms with van der Waals surface area (Å²) >= 11 is 5.77. The summed E-state index contributed by atoms with van der Waals surface area (Å²) in [5.41, 5.74) is -0.470. The molecule has 138 valence electrons. The Hall–Kier alpha value is -0.690. The molecule has 2 aliphatic carbocycles. The van der Waals surface area contributed by atoms with E-state index in [-0.39, 0.29) is 10.3 Å². The molecule has 25 heavy (non-hydrogen) atoms. The minimum atomic E-state index is -3.66. The Kier molecular flexibility index (Phi) is 4.95. The van der Waals surface area contributed by atoms with Crippen LogP contribution in [0.2, 0.25) is 5.02 Å². The second-order valence-corrected chi connectivity index (χ2v) is 11.3. The standard InChI is InChI=1S/C18H23ClO4S2/c1-17(2)13-7-8-18(17,16(20)11-13)12-24(21)9-10-25(22,23)15-5-3-14(19)4-6-15/h3-6,9-10,13,16,20H,7-8,11-12H2,1-2H3/b10-9-/t13-,16-,18-,24?/m1/s1. The Morgan fingerprint density at radius 3 is 2.48 bits per heavy atom. The van der Waals surface area contributed by atoms with E-state index in [2.05, 4.69) is 13.8 Å². The fraction of sp³-hybridized carbons (Fsp3) is 0.556. The molecule has 0 heterocycles. The third-order valence-corrected chi connectivity index (χ3v) is 9.40. The molecule has 4 atom stereocenters. The molecule has 2 saturated carbocycles. The second kappa shape index (κ2) is 6.48. The molecule has 3 rings (SSSR count). The van der Waals surface area contributed by atoms with Crippen LogP contribution < -0.4 is 0 Å². The molecule has 1 aromatic rings. The topological polar surface area (TPSA) is 71.4 Å². The third kappa shape index (κ3) is 3.22. The lowest BCUT2D eigenvalue weighted by molar-refractivity contribution is 0.0162. The van der Waals surface area contributed by atoms with E-state index in [1.54, 1.807) is 0 Å². The summed E-state index contributed by atoms with van der Waals surface area (Å²) in [7, 11) is -5.12. The molecule has 0 amide bonds. The maximum Gasteiger partial charge on any atom is 0.200 e. The van der Waals surface area contributed by atoms with E-state index >= 15 is 0 Å². The third-order valence-electron chi connectivity index (χ3n) is 6.32. The summed E-state index contributed by atoms with van der Waals surface area (Å²) in [6.07, 6.45) is 2.16. The van der Waals surface area contributed by atoms with Crippen LogP contribution in [-0.2, 0) is 20.6 Å². The Labute approximate surface area is 156 Å². The van der Waals surface area contributed by atoms with Gasteiger partial charge in [-0.2, -0.15) is 0 Å². The van der Waals surface area contributed by atoms with E-state index in [4.69, 9.17) is 11.6 Å². The average molecular weight is 403 g/mol. The predicted octanol–water partition coefficient (Wildman–Crippen LogP) is 3.52. The lowest BCUT2D eigenvalue weighted by atomic mass is 9.70. The number of hydrogen-bond acceptors (Lipinski definition) is 4. The number of hydrogen-bond donors (Lipinski definition) is 1. The highest BCUT2D eigenvalue weighted by Gasteiger charge is 2.63. The summed E-state index contributed by atoms with van der Waals surface area (Å²) < 4.78 is 37.2. The predicted molar refractivity (Wildman–Crippen MR) is 100 cm³/mol. The molecule has 7 heteroatoms. The van der Waals surface area contributed by atoms with Crippen LogP contribution in [0.15, 0.2) is 40.0 Å². The van der Waals surface area contributed by atoms with Crippen molar-refractivity contribution in [3.05, 3.63) is 40.1 Å². The van der Waals surface area contributed by atoms with Gasteiger partial charge in [0.2, 0.25) is 0 Å². The molecule has 2 aliphatic rings. The maximum atomic E-state index is 12.6. The molecule has 1 N–H and O–H groups in total. The van der Waals surface area contributed by atoms with Gasteiger partial charge >= 0.3 is 0 Å². The summed E-state index contributed by atoms with van der Waals surface area (Å²) in [5, 5.41) is 13.2. The van der Waals surface area contributed by atoms with Crippen LogP contribution in [0.4, 0.5) is 0 Å². The van der Waals surface area contributed by atoms with Crippen molar-refractivity contribution in [3.8, 4) is 0 Å². The lowest BCUT2D eigenvalue weighted by Crippen LogP contribution is -2.43. The lowest BCUT2D eigenvalue weighted by Gasteiger charge is -2.39. The van der Waals surface area contributed by atoms with E-state index in [0.717, 1.165) is 24.7 Å². The van der Waals surface area contributed by atoms with Crippen LogP contribution in [0.25, 0.3) is 0 Å². The van der Waals surface area contributed by atoms with Gasteiger partial charge in [-0.1, -0.05) is 25.4 Å². The van der Waals surface area contributed by atoms with Gasteiger partial charge in [0, 0.05) is 37.8 Å². The molecule has 2 fully saturated rings. The van der Waals surface area contributed by atoms with Gasteiger partial charge in [-0.05, 0) is 54.9 Å². The zero-order valence-corrected chi connectivity index (χ0v) is 16.7. The quantitative estimate of drug-likeness (QED) is 0.817. The van der Waals surface area contributed by atoms with Crippen molar-refractivity contribution < 1.29 is 17.7 Å². The number of aliphatic hydroxyl groups excluding tert-OH is 1. The first-order valence-electron chi connectivity index (χ1n) is 8.33. The Balaban J connectivity index is 1.76.